The Morgan fingerprint density at radius 3 is 2.64 bits per heavy atom. The summed E-state index contributed by atoms with van der Waals surface area (Å²) in [5.41, 5.74) is 0.982. The molecule has 7 heteroatoms. The number of esters is 1. The van der Waals surface area contributed by atoms with E-state index in [1.54, 1.807) is 12.1 Å². The number of benzene rings is 1. The number of hydrogen-bond acceptors (Lipinski definition) is 6. The number of amides is 1. The molecule has 0 bridgehead atoms. The van der Waals surface area contributed by atoms with Gasteiger partial charge < -0.3 is 20.3 Å². The third-order valence-electron chi connectivity index (χ3n) is 2.88. The monoisotopic (exact) mass is 302 g/mol. The second kappa shape index (κ2) is 6.57. The van der Waals surface area contributed by atoms with E-state index in [1.807, 2.05) is 0 Å². The Hall–Kier alpha value is -3.09. The van der Waals surface area contributed by atoms with Crippen molar-refractivity contribution in [2.45, 2.75) is 0 Å². The summed E-state index contributed by atoms with van der Waals surface area (Å²) in [4.78, 5) is 26.7. The van der Waals surface area contributed by atoms with E-state index in [1.165, 1.54) is 31.5 Å². The summed E-state index contributed by atoms with van der Waals surface area (Å²) in [6.07, 6.45) is 1.39. The van der Waals surface area contributed by atoms with Crippen LogP contribution in [0.2, 0.25) is 0 Å². The van der Waals surface area contributed by atoms with Crippen LogP contribution in [0.4, 0.5) is 0 Å². The van der Waals surface area contributed by atoms with Crippen LogP contribution in [-0.4, -0.2) is 40.7 Å². The van der Waals surface area contributed by atoms with Gasteiger partial charge in [-0.05, 0) is 23.8 Å². The van der Waals surface area contributed by atoms with Crippen LogP contribution in [0.1, 0.15) is 10.5 Å². The van der Waals surface area contributed by atoms with Gasteiger partial charge in [0, 0.05) is 11.8 Å². The number of carbonyl (C=O) groups is 2. The topological polar surface area (TPSA) is 109 Å². The van der Waals surface area contributed by atoms with Crippen LogP contribution in [-0.2, 0) is 9.53 Å². The highest BCUT2D eigenvalue weighted by atomic mass is 16.5. The second-order valence-corrected chi connectivity index (χ2v) is 4.40. The molecular weight excluding hydrogens is 288 g/mol. The Labute approximate surface area is 126 Å². The lowest BCUT2D eigenvalue weighted by Gasteiger charge is -2.07. The molecule has 1 aromatic carbocycles. The fraction of sp³-hybridized carbons (Fsp3) is 0.133. The highest BCUT2D eigenvalue weighted by Crippen LogP contribution is 2.26. The van der Waals surface area contributed by atoms with Crippen molar-refractivity contribution in [1.82, 2.24) is 10.3 Å². The van der Waals surface area contributed by atoms with E-state index in [4.69, 9.17) is 0 Å². The number of methoxy groups -OCH3 is 1. The van der Waals surface area contributed by atoms with Crippen molar-refractivity contribution in [2.24, 2.45) is 0 Å². The Kier molecular flexibility index (Phi) is 4.57. The van der Waals surface area contributed by atoms with Crippen molar-refractivity contribution in [3.05, 3.63) is 42.2 Å². The van der Waals surface area contributed by atoms with Gasteiger partial charge in [-0.1, -0.05) is 12.1 Å². The molecule has 1 amide bonds. The van der Waals surface area contributed by atoms with E-state index in [0.29, 0.717) is 11.1 Å². The molecule has 0 aliphatic carbocycles. The zero-order valence-corrected chi connectivity index (χ0v) is 11.7. The summed E-state index contributed by atoms with van der Waals surface area (Å²) in [7, 11) is 1.20. The molecule has 0 saturated carbocycles. The van der Waals surface area contributed by atoms with Gasteiger partial charge in [0.1, 0.15) is 18.0 Å². The van der Waals surface area contributed by atoms with E-state index >= 15 is 0 Å². The summed E-state index contributed by atoms with van der Waals surface area (Å²) >= 11 is 0. The van der Waals surface area contributed by atoms with Crippen LogP contribution in [0, 0.1) is 0 Å². The maximum absolute atomic E-state index is 11.8. The Morgan fingerprint density at radius 2 is 2.00 bits per heavy atom. The van der Waals surface area contributed by atoms with Crippen molar-refractivity contribution in [1.29, 1.82) is 0 Å². The van der Waals surface area contributed by atoms with Crippen molar-refractivity contribution in [3.8, 4) is 22.6 Å². The number of aromatic nitrogens is 1. The molecule has 0 saturated heterocycles. The van der Waals surface area contributed by atoms with Gasteiger partial charge in [-0.3, -0.25) is 9.59 Å². The second-order valence-electron chi connectivity index (χ2n) is 4.40. The minimum absolute atomic E-state index is 0.0805. The minimum atomic E-state index is -0.689. The maximum Gasteiger partial charge on any atom is 0.325 e. The Bertz CT molecular complexity index is 715. The minimum Gasteiger partial charge on any atom is -0.508 e. The smallest absolute Gasteiger partial charge is 0.325 e. The average molecular weight is 302 g/mol. The van der Waals surface area contributed by atoms with Gasteiger partial charge in [0.05, 0.1) is 7.11 Å². The maximum atomic E-state index is 11.8. The molecule has 0 unspecified atom stereocenters. The van der Waals surface area contributed by atoms with Crippen LogP contribution in [0.15, 0.2) is 36.5 Å². The zero-order chi connectivity index (χ0) is 16.1. The van der Waals surface area contributed by atoms with Crippen molar-refractivity contribution < 1.29 is 24.5 Å². The van der Waals surface area contributed by atoms with Gasteiger partial charge in [-0.15, -0.1) is 0 Å². The van der Waals surface area contributed by atoms with E-state index in [-0.39, 0.29) is 23.7 Å². The van der Waals surface area contributed by atoms with Crippen LogP contribution in [0.3, 0.4) is 0 Å². The first-order valence-electron chi connectivity index (χ1n) is 6.34. The number of nitrogens with zero attached hydrogens (tertiary/aromatic N) is 1. The number of phenols is 1. The molecule has 0 aliphatic rings. The SMILES string of the molecule is COC(=O)CNC(=O)c1ncc(-c2cccc(O)c2)cc1O. The van der Waals surface area contributed by atoms with Crippen LogP contribution in [0.5, 0.6) is 11.5 Å². The standard InChI is InChI=1S/C15H14N2O5/c1-22-13(20)8-17-15(21)14-12(19)6-10(7-16-14)9-3-2-4-11(18)5-9/h2-7,18-19H,8H2,1H3,(H,17,21). The van der Waals surface area contributed by atoms with E-state index in [2.05, 4.69) is 15.0 Å². The summed E-state index contributed by atoms with van der Waals surface area (Å²) in [5, 5.41) is 21.6. The van der Waals surface area contributed by atoms with Gasteiger partial charge in [0.25, 0.3) is 5.91 Å². The Morgan fingerprint density at radius 1 is 1.23 bits per heavy atom. The number of hydrogen-bond donors (Lipinski definition) is 3. The summed E-state index contributed by atoms with van der Waals surface area (Å²) < 4.78 is 4.39. The molecule has 0 fully saturated rings. The quantitative estimate of drug-likeness (QED) is 0.729. The summed E-state index contributed by atoms with van der Waals surface area (Å²) in [5.74, 6) is -1.55. The molecule has 7 nitrogen and oxygen atoms in total. The first-order valence-corrected chi connectivity index (χ1v) is 6.34. The van der Waals surface area contributed by atoms with E-state index in [9.17, 15) is 19.8 Å². The number of phenolic OH excluding ortho intramolecular Hbond substituents is 1. The Balaban J connectivity index is 2.19. The number of aromatic hydroxyl groups is 2. The molecule has 0 aliphatic heterocycles. The normalized spacial score (nSPS) is 10.0. The highest BCUT2D eigenvalue weighted by Gasteiger charge is 2.15. The van der Waals surface area contributed by atoms with Crippen LogP contribution >= 0.6 is 0 Å². The predicted octanol–water partition coefficient (Wildman–Crippen LogP) is 1.06. The molecule has 2 aromatic rings. The third-order valence-corrected chi connectivity index (χ3v) is 2.88. The third kappa shape index (κ3) is 3.51. The average Bonchev–Trinajstić information content (AvgIpc) is 2.52. The number of rotatable bonds is 4. The van der Waals surface area contributed by atoms with Gasteiger partial charge in [-0.25, -0.2) is 4.98 Å². The van der Waals surface area contributed by atoms with E-state index in [0.717, 1.165) is 0 Å². The fourth-order valence-electron chi connectivity index (χ4n) is 1.78. The lowest BCUT2D eigenvalue weighted by molar-refractivity contribution is -0.139. The van der Waals surface area contributed by atoms with E-state index < -0.39 is 11.9 Å². The van der Waals surface area contributed by atoms with Crippen LogP contribution in [0.25, 0.3) is 11.1 Å². The number of ether oxygens (including phenoxy) is 1. The van der Waals surface area contributed by atoms with Gasteiger partial charge in [-0.2, -0.15) is 0 Å². The number of nitrogens with one attached hydrogen (secondary N) is 1. The molecule has 1 aromatic heterocycles. The molecule has 0 radical (unpaired) electrons. The first kappa shape index (κ1) is 15.3. The first-order chi connectivity index (χ1) is 10.5. The molecular formula is C15H14N2O5. The fourth-order valence-corrected chi connectivity index (χ4v) is 1.78. The van der Waals surface area contributed by atoms with Crippen molar-refractivity contribution >= 4 is 11.9 Å². The largest absolute Gasteiger partial charge is 0.508 e. The van der Waals surface area contributed by atoms with Crippen LogP contribution < -0.4 is 5.32 Å². The molecule has 22 heavy (non-hydrogen) atoms. The highest BCUT2D eigenvalue weighted by molar-refractivity contribution is 5.96. The number of pyridine rings is 1. The van der Waals surface area contributed by atoms with Gasteiger partial charge in [0.15, 0.2) is 5.69 Å². The molecule has 1 heterocycles. The summed E-state index contributed by atoms with van der Waals surface area (Å²) in [6.45, 7) is -0.315. The molecule has 2 rings (SSSR count). The van der Waals surface area contributed by atoms with Crippen molar-refractivity contribution in [2.75, 3.05) is 13.7 Å². The lowest BCUT2D eigenvalue weighted by Crippen LogP contribution is -2.30. The van der Waals surface area contributed by atoms with Crippen molar-refractivity contribution in [3.63, 3.8) is 0 Å². The lowest BCUT2D eigenvalue weighted by atomic mass is 10.1. The number of carbonyl (C=O) groups excluding carboxylic acids is 2. The van der Waals surface area contributed by atoms with Gasteiger partial charge in [0.2, 0.25) is 0 Å². The zero-order valence-electron chi connectivity index (χ0n) is 11.7. The summed E-state index contributed by atoms with van der Waals surface area (Å²) in [6, 6.07) is 7.76. The molecule has 0 atom stereocenters. The molecule has 0 spiro atoms. The molecule has 3 N–H and O–H groups in total. The van der Waals surface area contributed by atoms with Gasteiger partial charge >= 0.3 is 5.97 Å². The molecule has 114 valence electrons. The predicted molar refractivity (Wildman–Crippen MR) is 77.4 cm³/mol.